The van der Waals surface area contributed by atoms with Crippen molar-refractivity contribution in [2.75, 3.05) is 0 Å². The quantitative estimate of drug-likeness (QED) is 0.550. The van der Waals surface area contributed by atoms with E-state index in [1.165, 1.54) is 6.08 Å². The first-order valence-corrected chi connectivity index (χ1v) is 6.93. The molecule has 2 heterocycles. The highest BCUT2D eigenvalue weighted by Crippen LogP contribution is 2.18. The summed E-state index contributed by atoms with van der Waals surface area (Å²) in [5.41, 5.74) is 0. The summed E-state index contributed by atoms with van der Waals surface area (Å²) in [4.78, 5) is 45.9. The van der Waals surface area contributed by atoms with E-state index in [2.05, 4.69) is 10.6 Å². The smallest absolute Gasteiger partial charge is 0.328 e. The third-order valence-electron chi connectivity index (χ3n) is 2.79. The Bertz CT molecular complexity index is 634. The number of carbonyl (C=O) groups excluding carboxylic acids is 3. The first kappa shape index (κ1) is 14.9. The summed E-state index contributed by atoms with van der Waals surface area (Å²) in [6.45, 7) is 0. The summed E-state index contributed by atoms with van der Waals surface area (Å²) in [6.07, 6.45) is 2.82. The number of carboxylic acid groups (broad SMARTS) is 1. The van der Waals surface area contributed by atoms with Crippen LogP contribution in [0.1, 0.15) is 27.4 Å². The Balaban J connectivity index is 1.99. The van der Waals surface area contributed by atoms with Crippen LogP contribution < -0.4 is 10.6 Å². The van der Waals surface area contributed by atoms with Gasteiger partial charge in [-0.3, -0.25) is 19.7 Å². The van der Waals surface area contributed by atoms with E-state index >= 15 is 0 Å². The average molecular weight is 308 g/mol. The Morgan fingerprint density at radius 1 is 1.38 bits per heavy atom. The molecule has 21 heavy (non-hydrogen) atoms. The number of nitrogens with one attached hydrogen (secondary N) is 2. The van der Waals surface area contributed by atoms with Crippen molar-refractivity contribution in [2.24, 2.45) is 0 Å². The Hall–Kier alpha value is -2.48. The zero-order chi connectivity index (χ0) is 15.4. The van der Waals surface area contributed by atoms with Crippen LogP contribution in [0.15, 0.2) is 18.2 Å². The van der Waals surface area contributed by atoms with E-state index in [1.54, 1.807) is 12.1 Å². The van der Waals surface area contributed by atoms with Crippen molar-refractivity contribution in [2.45, 2.75) is 18.9 Å². The van der Waals surface area contributed by atoms with Gasteiger partial charge in [-0.25, -0.2) is 4.79 Å². The molecule has 0 aliphatic carbocycles. The number of piperidine rings is 1. The van der Waals surface area contributed by atoms with Crippen LogP contribution >= 0.6 is 11.3 Å². The van der Waals surface area contributed by atoms with E-state index in [0.717, 1.165) is 17.4 Å². The maximum absolute atomic E-state index is 12.0. The monoisotopic (exact) mass is 308 g/mol. The Morgan fingerprint density at radius 2 is 2.14 bits per heavy atom. The van der Waals surface area contributed by atoms with Gasteiger partial charge in [0.25, 0.3) is 5.91 Å². The van der Waals surface area contributed by atoms with Gasteiger partial charge in [-0.15, -0.1) is 11.3 Å². The average Bonchev–Trinajstić information content (AvgIpc) is 2.88. The molecule has 2 rings (SSSR count). The lowest BCUT2D eigenvalue weighted by Crippen LogP contribution is -2.52. The number of carboxylic acids is 1. The lowest BCUT2D eigenvalue weighted by molar-refractivity contribution is -0.135. The number of hydrogen-bond donors (Lipinski definition) is 3. The molecule has 3 amide bonds. The fourth-order valence-electron chi connectivity index (χ4n) is 1.78. The van der Waals surface area contributed by atoms with Crippen molar-refractivity contribution >= 4 is 41.1 Å². The van der Waals surface area contributed by atoms with Gasteiger partial charge in [0.2, 0.25) is 11.8 Å². The molecule has 1 aromatic rings. The second kappa shape index (κ2) is 6.31. The molecular weight excluding hydrogens is 296 g/mol. The van der Waals surface area contributed by atoms with Gasteiger partial charge in [0, 0.05) is 17.4 Å². The third kappa shape index (κ3) is 3.99. The summed E-state index contributed by atoms with van der Waals surface area (Å²) in [7, 11) is 0. The van der Waals surface area contributed by atoms with Crippen LogP contribution in [0.2, 0.25) is 0 Å². The molecule has 0 aromatic carbocycles. The molecule has 1 fully saturated rings. The van der Waals surface area contributed by atoms with Gasteiger partial charge in [0.05, 0.1) is 4.88 Å². The molecular formula is C13H12N2O5S. The normalized spacial score (nSPS) is 18.6. The summed E-state index contributed by atoms with van der Waals surface area (Å²) in [6, 6.07) is 2.44. The minimum atomic E-state index is -1.07. The Morgan fingerprint density at radius 3 is 2.81 bits per heavy atom. The number of rotatable bonds is 4. The summed E-state index contributed by atoms with van der Waals surface area (Å²) < 4.78 is 0. The lowest BCUT2D eigenvalue weighted by Gasteiger charge is -2.21. The van der Waals surface area contributed by atoms with Crippen molar-refractivity contribution in [1.82, 2.24) is 10.6 Å². The molecule has 0 spiro atoms. The second-order valence-corrected chi connectivity index (χ2v) is 5.47. The fourth-order valence-corrected chi connectivity index (χ4v) is 2.59. The predicted molar refractivity (Wildman–Crippen MR) is 74.6 cm³/mol. The minimum absolute atomic E-state index is 0.188. The largest absolute Gasteiger partial charge is 0.478 e. The van der Waals surface area contributed by atoms with E-state index in [4.69, 9.17) is 5.11 Å². The number of aliphatic carboxylic acids is 1. The molecule has 3 N–H and O–H groups in total. The van der Waals surface area contributed by atoms with Gasteiger partial charge in [0.1, 0.15) is 6.04 Å². The van der Waals surface area contributed by atoms with Crippen LogP contribution in [0.3, 0.4) is 0 Å². The fraction of sp³-hybridized carbons (Fsp3) is 0.231. The molecule has 0 saturated carbocycles. The Labute approximate surface area is 123 Å². The first-order valence-electron chi connectivity index (χ1n) is 6.11. The van der Waals surface area contributed by atoms with Gasteiger partial charge in [-0.2, -0.15) is 0 Å². The van der Waals surface area contributed by atoms with Crippen LogP contribution in [0.25, 0.3) is 6.08 Å². The van der Waals surface area contributed by atoms with Crippen molar-refractivity contribution in [3.8, 4) is 0 Å². The minimum Gasteiger partial charge on any atom is -0.478 e. The molecule has 7 nitrogen and oxygen atoms in total. The number of amides is 3. The van der Waals surface area contributed by atoms with Crippen LogP contribution in [0.4, 0.5) is 0 Å². The van der Waals surface area contributed by atoms with Crippen LogP contribution in [-0.4, -0.2) is 34.8 Å². The van der Waals surface area contributed by atoms with Gasteiger partial charge in [-0.1, -0.05) is 0 Å². The van der Waals surface area contributed by atoms with Crippen LogP contribution in [-0.2, 0) is 14.4 Å². The predicted octanol–water partition coefficient (Wildman–Crippen LogP) is 0.381. The molecule has 110 valence electrons. The highest BCUT2D eigenvalue weighted by molar-refractivity contribution is 7.14. The first-order chi connectivity index (χ1) is 9.95. The van der Waals surface area contributed by atoms with Crippen LogP contribution in [0, 0.1) is 0 Å². The molecule has 1 saturated heterocycles. The standard InChI is InChI=1S/C13H12N2O5S/c16-10-5-3-8(12(19)15-10)14-13(20)9-4-1-7(21-9)2-6-11(17)18/h1-2,4,6,8H,3,5H2,(H,14,20)(H,17,18)(H,15,16,19). The SMILES string of the molecule is O=C(O)C=Cc1ccc(C(=O)NC2CCC(=O)NC2=O)s1. The number of carbonyl (C=O) groups is 4. The summed E-state index contributed by atoms with van der Waals surface area (Å²) in [5.74, 6) is -2.35. The molecule has 0 bridgehead atoms. The maximum atomic E-state index is 12.0. The number of hydrogen-bond acceptors (Lipinski definition) is 5. The van der Waals surface area contributed by atoms with Gasteiger partial charge < -0.3 is 10.4 Å². The van der Waals surface area contributed by atoms with Crippen LogP contribution in [0.5, 0.6) is 0 Å². The van der Waals surface area contributed by atoms with E-state index in [0.29, 0.717) is 9.75 Å². The van der Waals surface area contributed by atoms with Crippen molar-refractivity contribution in [3.05, 3.63) is 28.0 Å². The zero-order valence-electron chi connectivity index (χ0n) is 10.8. The van der Waals surface area contributed by atoms with E-state index in [9.17, 15) is 19.2 Å². The van der Waals surface area contributed by atoms with Crippen molar-refractivity contribution in [3.63, 3.8) is 0 Å². The summed E-state index contributed by atoms with van der Waals surface area (Å²) >= 11 is 1.11. The van der Waals surface area contributed by atoms with Crippen molar-refractivity contribution < 1.29 is 24.3 Å². The topological polar surface area (TPSA) is 113 Å². The maximum Gasteiger partial charge on any atom is 0.328 e. The summed E-state index contributed by atoms with van der Waals surface area (Å²) in [5, 5.41) is 13.2. The Kier molecular flexibility index (Phi) is 4.49. The molecule has 8 heteroatoms. The zero-order valence-corrected chi connectivity index (χ0v) is 11.6. The van der Waals surface area contributed by atoms with E-state index in [-0.39, 0.29) is 18.7 Å². The number of imide groups is 1. The molecule has 1 aliphatic rings. The highest BCUT2D eigenvalue weighted by Gasteiger charge is 2.28. The van der Waals surface area contributed by atoms with Gasteiger partial charge in [-0.05, 0) is 24.6 Å². The van der Waals surface area contributed by atoms with Gasteiger partial charge >= 0.3 is 5.97 Å². The lowest BCUT2D eigenvalue weighted by atomic mass is 10.1. The van der Waals surface area contributed by atoms with Crippen molar-refractivity contribution in [1.29, 1.82) is 0 Å². The molecule has 1 unspecified atom stereocenters. The molecule has 1 aromatic heterocycles. The third-order valence-corrected chi connectivity index (χ3v) is 3.83. The highest BCUT2D eigenvalue weighted by atomic mass is 32.1. The van der Waals surface area contributed by atoms with E-state index in [1.807, 2.05) is 0 Å². The number of thiophene rings is 1. The molecule has 1 aliphatic heterocycles. The molecule has 0 radical (unpaired) electrons. The van der Waals surface area contributed by atoms with Gasteiger partial charge in [0.15, 0.2) is 0 Å². The second-order valence-electron chi connectivity index (χ2n) is 4.35. The van der Waals surface area contributed by atoms with E-state index < -0.39 is 23.8 Å². The molecule has 1 atom stereocenters.